The lowest BCUT2D eigenvalue weighted by molar-refractivity contribution is 0.354. The molecule has 0 spiro atoms. The van der Waals surface area contributed by atoms with Crippen LogP contribution < -0.4 is 10.1 Å². The standard InChI is InChI=1S/C14H20BrNO/c1-4-6-9-17-14-8-7-12(15)10-13(14)11(3)16-5-2/h4,6-8,10-11,16H,5,9H2,1-3H3. The number of halogens is 1. The van der Waals surface area contributed by atoms with Crippen molar-refractivity contribution in [3.8, 4) is 5.75 Å². The number of allylic oxidation sites excluding steroid dienone is 1. The molecule has 2 nitrogen and oxygen atoms in total. The Morgan fingerprint density at radius 1 is 1.47 bits per heavy atom. The first-order valence-electron chi connectivity index (χ1n) is 5.95. The van der Waals surface area contributed by atoms with Crippen molar-refractivity contribution >= 4 is 15.9 Å². The third-order valence-electron chi connectivity index (χ3n) is 2.52. The molecule has 0 aromatic heterocycles. The van der Waals surface area contributed by atoms with Crippen LogP contribution in [0.1, 0.15) is 32.4 Å². The fourth-order valence-corrected chi connectivity index (χ4v) is 2.02. The summed E-state index contributed by atoms with van der Waals surface area (Å²) in [5.41, 5.74) is 1.19. The molecule has 3 heteroatoms. The summed E-state index contributed by atoms with van der Waals surface area (Å²) >= 11 is 3.50. The Hall–Kier alpha value is -0.800. The van der Waals surface area contributed by atoms with Gasteiger partial charge in [-0.2, -0.15) is 0 Å². The van der Waals surface area contributed by atoms with Crippen molar-refractivity contribution in [2.75, 3.05) is 13.2 Å². The second-order valence-corrected chi connectivity index (χ2v) is 4.76. The molecule has 1 atom stereocenters. The molecule has 0 radical (unpaired) electrons. The molecule has 0 fully saturated rings. The molecule has 1 rings (SSSR count). The molecule has 0 amide bonds. The number of hydrogen-bond donors (Lipinski definition) is 1. The number of benzene rings is 1. The molecule has 1 unspecified atom stereocenters. The topological polar surface area (TPSA) is 21.3 Å². The number of rotatable bonds is 6. The average Bonchev–Trinajstić information content (AvgIpc) is 2.31. The van der Waals surface area contributed by atoms with E-state index in [-0.39, 0.29) is 6.04 Å². The van der Waals surface area contributed by atoms with Gasteiger partial charge in [0.2, 0.25) is 0 Å². The summed E-state index contributed by atoms with van der Waals surface area (Å²) in [6.07, 6.45) is 4.00. The summed E-state index contributed by atoms with van der Waals surface area (Å²) in [5.74, 6) is 0.944. The van der Waals surface area contributed by atoms with Gasteiger partial charge in [-0.1, -0.05) is 35.0 Å². The van der Waals surface area contributed by atoms with Crippen LogP contribution in [0.4, 0.5) is 0 Å². The number of hydrogen-bond acceptors (Lipinski definition) is 2. The summed E-state index contributed by atoms with van der Waals surface area (Å²) in [6.45, 7) is 7.81. The van der Waals surface area contributed by atoms with E-state index in [1.165, 1.54) is 5.56 Å². The molecule has 0 heterocycles. The van der Waals surface area contributed by atoms with Crippen LogP contribution in [0.2, 0.25) is 0 Å². The second-order valence-electron chi connectivity index (χ2n) is 3.84. The molecule has 0 saturated carbocycles. The van der Waals surface area contributed by atoms with E-state index in [1.54, 1.807) is 0 Å². The Labute approximate surface area is 112 Å². The van der Waals surface area contributed by atoms with Crippen molar-refractivity contribution in [2.45, 2.75) is 26.8 Å². The van der Waals surface area contributed by atoms with E-state index >= 15 is 0 Å². The predicted octanol–water partition coefficient (Wildman–Crippen LogP) is 4.07. The summed E-state index contributed by atoms with van der Waals surface area (Å²) in [7, 11) is 0. The molecule has 1 aromatic rings. The van der Waals surface area contributed by atoms with E-state index in [4.69, 9.17) is 4.74 Å². The Bertz CT molecular complexity index is 376. The van der Waals surface area contributed by atoms with Crippen LogP contribution in [0.3, 0.4) is 0 Å². The number of nitrogens with one attached hydrogen (secondary N) is 1. The van der Waals surface area contributed by atoms with Gasteiger partial charge in [0.05, 0.1) is 0 Å². The van der Waals surface area contributed by atoms with Crippen molar-refractivity contribution in [3.63, 3.8) is 0 Å². The number of ether oxygens (including phenoxy) is 1. The second kappa shape index (κ2) is 7.51. The van der Waals surface area contributed by atoms with Crippen LogP contribution in [-0.4, -0.2) is 13.2 Å². The van der Waals surface area contributed by atoms with E-state index < -0.39 is 0 Å². The fourth-order valence-electron chi connectivity index (χ4n) is 1.64. The maximum Gasteiger partial charge on any atom is 0.124 e. The summed E-state index contributed by atoms with van der Waals surface area (Å²) in [4.78, 5) is 0. The monoisotopic (exact) mass is 297 g/mol. The molecule has 0 aliphatic heterocycles. The third-order valence-corrected chi connectivity index (χ3v) is 3.01. The first-order valence-corrected chi connectivity index (χ1v) is 6.75. The van der Waals surface area contributed by atoms with E-state index in [0.717, 1.165) is 16.8 Å². The van der Waals surface area contributed by atoms with Gasteiger partial charge in [-0.15, -0.1) is 0 Å². The van der Waals surface area contributed by atoms with Gasteiger partial charge in [0.15, 0.2) is 0 Å². The van der Waals surface area contributed by atoms with Gasteiger partial charge in [0, 0.05) is 16.1 Å². The zero-order valence-corrected chi connectivity index (χ0v) is 12.3. The van der Waals surface area contributed by atoms with Crippen LogP contribution >= 0.6 is 15.9 Å². The van der Waals surface area contributed by atoms with E-state index in [9.17, 15) is 0 Å². The van der Waals surface area contributed by atoms with Crippen molar-refractivity contribution in [1.29, 1.82) is 0 Å². The van der Waals surface area contributed by atoms with Crippen molar-refractivity contribution < 1.29 is 4.74 Å². The molecule has 0 aliphatic rings. The van der Waals surface area contributed by atoms with Crippen LogP contribution in [0.5, 0.6) is 5.75 Å². The molecule has 1 N–H and O–H groups in total. The Morgan fingerprint density at radius 2 is 2.24 bits per heavy atom. The highest BCUT2D eigenvalue weighted by Gasteiger charge is 2.11. The Balaban J connectivity index is 2.86. The van der Waals surface area contributed by atoms with Crippen molar-refractivity contribution in [2.24, 2.45) is 0 Å². The van der Waals surface area contributed by atoms with Crippen LogP contribution in [-0.2, 0) is 0 Å². The van der Waals surface area contributed by atoms with Gasteiger partial charge in [-0.05, 0) is 38.6 Å². The van der Waals surface area contributed by atoms with Crippen LogP contribution in [0.25, 0.3) is 0 Å². The summed E-state index contributed by atoms with van der Waals surface area (Å²) in [6, 6.07) is 6.42. The van der Waals surface area contributed by atoms with Gasteiger partial charge in [0.25, 0.3) is 0 Å². The van der Waals surface area contributed by atoms with E-state index in [0.29, 0.717) is 6.61 Å². The van der Waals surface area contributed by atoms with Gasteiger partial charge < -0.3 is 10.1 Å². The smallest absolute Gasteiger partial charge is 0.124 e. The normalized spacial score (nSPS) is 12.9. The minimum Gasteiger partial charge on any atom is -0.489 e. The first kappa shape index (κ1) is 14.3. The SMILES string of the molecule is CC=CCOc1ccc(Br)cc1C(C)NCC. The lowest BCUT2D eigenvalue weighted by atomic mass is 10.1. The Morgan fingerprint density at radius 3 is 2.88 bits per heavy atom. The summed E-state index contributed by atoms with van der Waals surface area (Å²) < 4.78 is 6.83. The maximum absolute atomic E-state index is 5.75. The average molecular weight is 298 g/mol. The Kier molecular flexibility index (Phi) is 6.30. The molecule has 0 aliphatic carbocycles. The van der Waals surface area contributed by atoms with Gasteiger partial charge >= 0.3 is 0 Å². The van der Waals surface area contributed by atoms with Crippen LogP contribution in [0.15, 0.2) is 34.8 Å². The molecule has 94 valence electrons. The summed E-state index contributed by atoms with van der Waals surface area (Å²) in [5, 5.41) is 3.40. The van der Waals surface area contributed by atoms with E-state index in [1.807, 2.05) is 31.2 Å². The van der Waals surface area contributed by atoms with Gasteiger partial charge in [-0.25, -0.2) is 0 Å². The predicted molar refractivity (Wildman–Crippen MR) is 76.5 cm³/mol. The first-order chi connectivity index (χ1) is 8.19. The highest BCUT2D eigenvalue weighted by molar-refractivity contribution is 9.10. The quantitative estimate of drug-likeness (QED) is 0.799. The molecular weight excluding hydrogens is 278 g/mol. The highest BCUT2D eigenvalue weighted by Crippen LogP contribution is 2.28. The molecule has 0 saturated heterocycles. The van der Waals surface area contributed by atoms with Gasteiger partial charge in [-0.3, -0.25) is 0 Å². The zero-order valence-electron chi connectivity index (χ0n) is 10.7. The third kappa shape index (κ3) is 4.52. The largest absolute Gasteiger partial charge is 0.489 e. The maximum atomic E-state index is 5.75. The molecule has 17 heavy (non-hydrogen) atoms. The molecule has 1 aromatic carbocycles. The van der Waals surface area contributed by atoms with E-state index in [2.05, 4.69) is 41.2 Å². The van der Waals surface area contributed by atoms with Crippen LogP contribution in [0, 0.1) is 0 Å². The van der Waals surface area contributed by atoms with Gasteiger partial charge in [0.1, 0.15) is 12.4 Å². The lowest BCUT2D eigenvalue weighted by Gasteiger charge is -2.17. The fraction of sp³-hybridized carbons (Fsp3) is 0.429. The zero-order chi connectivity index (χ0) is 12.7. The van der Waals surface area contributed by atoms with Crippen molar-refractivity contribution in [3.05, 3.63) is 40.4 Å². The highest BCUT2D eigenvalue weighted by atomic mass is 79.9. The minimum absolute atomic E-state index is 0.290. The lowest BCUT2D eigenvalue weighted by Crippen LogP contribution is -2.18. The van der Waals surface area contributed by atoms with Crippen molar-refractivity contribution in [1.82, 2.24) is 5.32 Å². The molecule has 0 bridgehead atoms. The molecular formula is C14H20BrNO. The minimum atomic E-state index is 0.290.